The number of pyridine rings is 1. The first-order chi connectivity index (χ1) is 11.6. The molecule has 0 aliphatic carbocycles. The topological polar surface area (TPSA) is 60.5 Å². The first-order valence-corrected chi connectivity index (χ1v) is 8.99. The summed E-state index contributed by atoms with van der Waals surface area (Å²) >= 11 is 0. The highest BCUT2D eigenvalue weighted by atomic mass is 16.5. The van der Waals surface area contributed by atoms with E-state index >= 15 is 0 Å². The Kier molecular flexibility index (Phi) is 5.51. The lowest BCUT2D eigenvalue weighted by Gasteiger charge is -2.42. The van der Waals surface area contributed by atoms with Crippen LogP contribution < -0.4 is 5.32 Å². The Hall–Kier alpha value is -1.46. The Morgan fingerprint density at radius 3 is 2.75 bits per heavy atom. The van der Waals surface area contributed by atoms with E-state index in [4.69, 9.17) is 9.47 Å². The molecule has 0 saturated carbocycles. The summed E-state index contributed by atoms with van der Waals surface area (Å²) in [6.07, 6.45) is 7.41. The Bertz CT molecular complexity index is 572. The third-order valence-electron chi connectivity index (χ3n) is 5.53. The molecule has 1 amide bonds. The maximum atomic E-state index is 12.2. The van der Waals surface area contributed by atoms with Crippen LogP contribution in [0.5, 0.6) is 0 Å². The number of carbonyl (C=O) groups excluding carboxylic acids is 1. The van der Waals surface area contributed by atoms with Crippen LogP contribution in [0.1, 0.15) is 53.7 Å². The van der Waals surface area contributed by atoms with Gasteiger partial charge in [0.2, 0.25) is 0 Å². The summed E-state index contributed by atoms with van der Waals surface area (Å²) < 4.78 is 11.5. The maximum absolute atomic E-state index is 12.2. The van der Waals surface area contributed by atoms with Gasteiger partial charge in [-0.05, 0) is 68.6 Å². The quantitative estimate of drug-likeness (QED) is 0.921. The Morgan fingerprint density at radius 2 is 2.08 bits per heavy atom. The summed E-state index contributed by atoms with van der Waals surface area (Å²) in [5.41, 5.74) is 3.03. The van der Waals surface area contributed by atoms with Crippen LogP contribution in [-0.4, -0.2) is 43.4 Å². The number of hydrogen-bond donors (Lipinski definition) is 1. The highest BCUT2D eigenvalue weighted by Gasteiger charge is 2.37. The maximum Gasteiger partial charge on any atom is 0.269 e. The number of carbonyl (C=O) groups is 1. The zero-order valence-corrected chi connectivity index (χ0v) is 14.8. The van der Waals surface area contributed by atoms with Crippen molar-refractivity contribution in [3.8, 4) is 0 Å². The highest BCUT2D eigenvalue weighted by molar-refractivity contribution is 5.92. The molecule has 24 heavy (non-hydrogen) atoms. The molecule has 1 aromatic rings. The monoisotopic (exact) mass is 332 g/mol. The Balaban J connectivity index is 1.40. The van der Waals surface area contributed by atoms with Gasteiger partial charge in [-0.3, -0.25) is 9.78 Å². The van der Waals surface area contributed by atoms with Crippen LogP contribution in [0.2, 0.25) is 0 Å². The fraction of sp³-hybridized carbons (Fsp3) is 0.684. The van der Waals surface area contributed by atoms with E-state index in [9.17, 15) is 4.79 Å². The van der Waals surface area contributed by atoms with Crippen LogP contribution in [-0.2, 0) is 9.47 Å². The molecule has 0 radical (unpaired) electrons. The summed E-state index contributed by atoms with van der Waals surface area (Å²) in [7, 11) is 0. The van der Waals surface area contributed by atoms with E-state index in [0.29, 0.717) is 17.7 Å². The lowest BCUT2D eigenvalue weighted by Crippen LogP contribution is -2.41. The molecule has 2 saturated heterocycles. The van der Waals surface area contributed by atoms with Crippen molar-refractivity contribution in [3.05, 3.63) is 29.1 Å². The molecular formula is C19H28N2O3. The molecule has 2 fully saturated rings. The Morgan fingerprint density at radius 1 is 1.29 bits per heavy atom. The van der Waals surface area contributed by atoms with E-state index in [1.54, 1.807) is 6.20 Å². The summed E-state index contributed by atoms with van der Waals surface area (Å²) in [4.78, 5) is 16.4. The lowest BCUT2D eigenvalue weighted by atomic mass is 9.75. The van der Waals surface area contributed by atoms with Gasteiger partial charge in [-0.15, -0.1) is 0 Å². The van der Waals surface area contributed by atoms with Gasteiger partial charge in [-0.2, -0.15) is 0 Å². The largest absolute Gasteiger partial charge is 0.381 e. The number of amides is 1. The molecule has 1 spiro atoms. The molecule has 132 valence electrons. The predicted octanol–water partition coefficient (Wildman–Crippen LogP) is 2.79. The smallest absolute Gasteiger partial charge is 0.269 e. The average molecular weight is 332 g/mol. The molecule has 1 atom stereocenters. The molecule has 5 nitrogen and oxygen atoms in total. The number of nitrogens with one attached hydrogen (secondary N) is 1. The normalized spacial score (nSPS) is 23.2. The molecule has 0 aromatic carbocycles. The van der Waals surface area contributed by atoms with Gasteiger partial charge in [0.25, 0.3) is 5.91 Å². The van der Waals surface area contributed by atoms with Crippen LogP contribution >= 0.6 is 0 Å². The van der Waals surface area contributed by atoms with Gasteiger partial charge in [0, 0.05) is 26.0 Å². The molecule has 3 heterocycles. The first-order valence-electron chi connectivity index (χ1n) is 8.99. The molecule has 0 bridgehead atoms. The van der Waals surface area contributed by atoms with Crippen LogP contribution in [0.3, 0.4) is 0 Å². The van der Waals surface area contributed by atoms with Gasteiger partial charge in [-0.25, -0.2) is 0 Å². The second-order valence-corrected chi connectivity index (χ2v) is 7.28. The predicted molar refractivity (Wildman–Crippen MR) is 92.1 cm³/mol. The van der Waals surface area contributed by atoms with Gasteiger partial charge >= 0.3 is 0 Å². The minimum absolute atomic E-state index is 0.102. The summed E-state index contributed by atoms with van der Waals surface area (Å²) in [5.74, 6) is -0.102. The molecule has 2 aliphatic heterocycles. The van der Waals surface area contributed by atoms with Gasteiger partial charge < -0.3 is 14.8 Å². The van der Waals surface area contributed by atoms with Gasteiger partial charge in [0.1, 0.15) is 5.69 Å². The number of hydrogen-bond acceptors (Lipinski definition) is 4. The van der Waals surface area contributed by atoms with Gasteiger partial charge in [0.15, 0.2) is 0 Å². The van der Waals surface area contributed by atoms with E-state index in [1.807, 2.05) is 19.9 Å². The second-order valence-electron chi connectivity index (χ2n) is 7.28. The van der Waals surface area contributed by atoms with Crippen molar-refractivity contribution in [1.82, 2.24) is 10.3 Å². The van der Waals surface area contributed by atoms with Crippen LogP contribution in [0.15, 0.2) is 12.3 Å². The molecular weight excluding hydrogens is 304 g/mol. The van der Waals surface area contributed by atoms with E-state index in [2.05, 4.69) is 10.3 Å². The molecule has 3 rings (SSSR count). The molecule has 1 unspecified atom stereocenters. The molecule has 1 aromatic heterocycles. The lowest BCUT2D eigenvalue weighted by molar-refractivity contribution is -0.106. The zero-order chi connectivity index (χ0) is 17.0. The minimum atomic E-state index is -0.102. The van der Waals surface area contributed by atoms with Crippen LogP contribution in [0, 0.1) is 19.3 Å². The Labute approximate surface area is 144 Å². The molecule has 2 aliphatic rings. The fourth-order valence-corrected chi connectivity index (χ4v) is 3.53. The van der Waals surface area contributed by atoms with Crippen molar-refractivity contribution in [2.24, 2.45) is 5.41 Å². The number of ether oxygens (including phenoxy) is 2. The number of aryl methyl sites for hydroxylation is 2. The van der Waals surface area contributed by atoms with Crippen LogP contribution in [0.25, 0.3) is 0 Å². The van der Waals surface area contributed by atoms with E-state index in [0.717, 1.165) is 56.6 Å². The molecule has 5 heteroatoms. The molecule has 1 N–H and O–H groups in total. The first kappa shape index (κ1) is 17.4. The van der Waals surface area contributed by atoms with Gasteiger partial charge in [-0.1, -0.05) is 0 Å². The summed E-state index contributed by atoms with van der Waals surface area (Å²) in [6.45, 7) is 7.20. The fourth-order valence-electron chi connectivity index (χ4n) is 3.53. The number of aromatic nitrogens is 1. The second kappa shape index (κ2) is 7.62. The summed E-state index contributed by atoms with van der Waals surface area (Å²) in [5, 5.41) is 2.96. The van der Waals surface area contributed by atoms with E-state index < -0.39 is 0 Å². The average Bonchev–Trinajstić information content (AvgIpc) is 2.60. The van der Waals surface area contributed by atoms with Crippen molar-refractivity contribution < 1.29 is 14.3 Å². The van der Waals surface area contributed by atoms with E-state index in [1.165, 1.54) is 6.42 Å². The standard InChI is InChI=1S/C19H28N2O3/c1-14-11-17(21-12-15(14)2)18(22)20-8-4-16-3-5-19(13-24-16)6-9-23-10-7-19/h11-12,16H,3-10,13H2,1-2H3,(H,20,22). The van der Waals surface area contributed by atoms with Crippen molar-refractivity contribution in [2.45, 2.75) is 52.1 Å². The summed E-state index contributed by atoms with van der Waals surface area (Å²) in [6, 6.07) is 1.84. The third-order valence-corrected chi connectivity index (χ3v) is 5.53. The number of nitrogens with zero attached hydrogens (tertiary/aromatic N) is 1. The third kappa shape index (κ3) is 4.14. The van der Waals surface area contributed by atoms with Crippen molar-refractivity contribution >= 4 is 5.91 Å². The highest BCUT2D eigenvalue weighted by Crippen LogP contribution is 2.40. The number of rotatable bonds is 4. The van der Waals surface area contributed by atoms with Crippen LogP contribution in [0.4, 0.5) is 0 Å². The van der Waals surface area contributed by atoms with Crippen molar-refractivity contribution in [3.63, 3.8) is 0 Å². The SMILES string of the molecule is Cc1cnc(C(=O)NCCC2CCC3(CCOCC3)CO2)cc1C. The minimum Gasteiger partial charge on any atom is -0.381 e. The van der Waals surface area contributed by atoms with Crippen molar-refractivity contribution in [1.29, 1.82) is 0 Å². The zero-order valence-electron chi connectivity index (χ0n) is 14.8. The van der Waals surface area contributed by atoms with Crippen molar-refractivity contribution in [2.75, 3.05) is 26.4 Å². The van der Waals surface area contributed by atoms with E-state index in [-0.39, 0.29) is 12.0 Å². The van der Waals surface area contributed by atoms with Gasteiger partial charge in [0.05, 0.1) is 12.7 Å².